The quantitative estimate of drug-likeness (QED) is 0.201. The predicted molar refractivity (Wildman–Crippen MR) is 138 cm³/mol. The Labute approximate surface area is 220 Å². The number of benzene rings is 1. The number of allylic oxidation sites excluding steroid dienone is 1. The largest absolute Gasteiger partial charge is 0.497 e. The summed E-state index contributed by atoms with van der Waals surface area (Å²) in [6.45, 7) is 8.38. The van der Waals surface area contributed by atoms with Crippen LogP contribution < -0.4 is 4.74 Å². The normalized spacial score (nSPS) is 22.8. The standard InChI is InChI=1S/C28H41NO8/c1-19(30)15-16-35-25-20(2)36-26(31)24(29(18-33-6)27(32)37-28(3,4)5)10-8-9-22(25)17-21-11-13-23(34-7)14-12-21/h11-16,20,22,24-25H,8-10,17-18H2,1-7H3/t20-,22+,24-,25-/m0/s1. The molecule has 0 bridgehead atoms. The molecule has 0 spiro atoms. The fourth-order valence-corrected chi connectivity index (χ4v) is 4.31. The topological polar surface area (TPSA) is 101 Å². The summed E-state index contributed by atoms with van der Waals surface area (Å²) in [4.78, 5) is 39.0. The third-order valence-electron chi connectivity index (χ3n) is 6.02. The number of methoxy groups -OCH3 is 2. The zero-order valence-corrected chi connectivity index (χ0v) is 23.0. The van der Waals surface area contributed by atoms with Crippen molar-refractivity contribution >= 4 is 17.8 Å². The molecule has 1 heterocycles. The highest BCUT2D eigenvalue weighted by Crippen LogP contribution is 2.29. The minimum absolute atomic E-state index is 0.0241. The van der Waals surface area contributed by atoms with Crippen LogP contribution in [0.3, 0.4) is 0 Å². The molecule has 1 aliphatic rings. The lowest BCUT2D eigenvalue weighted by atomic mass is 9.86. The van der Waals surface area contributed by atoms with E-state index in [1.54, 1.807) is 34.8 Å². The number of amides is 1. The molecule has 0 radical (unpaired) electrons. The Balaban J connectivity index is 2.33. The van der Waals surface area contributed by atoms with E-state index in [4.69, 9.17) is 23.7 Å². The lowest BCUT2D eigenvalue weighted by molar-refractivity contribution is -0.163. The molecule has 0 N–H and O–H groups in total. The molecule has 9 nitrogen and oxygen atoms in total. The second-order valence-electron chi connectivity index (χ2n) is 10.3. The summed E-state index contributed by atoms with van der Waals surface area (Å²) in [6, 6.07) is 6.93. The lowest BCUT2D eigenvalue weighted by Gasteiger charge is -2.32. The van der Waals surface area contributed by atoms with E-state index in [2.05, 4.69) is 0 Å². The summed E-state index contributed by atoms with van der Waals surface area (Å²) < 4.78 is 27.9. The van der Waals surface area contributed by atoms with E-state index in [9.17, 15) is 14.4 Å². The van der Waals surface area contributed by atoms with Crippen LogP contribution in [-0.4, -0.2) is 67.5 Å². The molecule has 1 aromatic rings. The van der Waals surface area contributed by atoms with Gasteiger partial charge in [-0.2, -0.15) is 0 Å². The van der Waals surface area contributed by atoms with Gasteiger partial charge in [0.25, 0.3) is 0 Å². The Morgan fingerprint density at radius 3 is 2.38 bits per heavy atom. The maximum Gasteiger partial charge on any atom is 0.412 e. The van der Waals surface area contributed by atoms with Gasteiger partial charge in [0, 0.05) is 19.1 Å². The number of carbonyl (C=O) groups excluding carboxylic acids is 3. The van der Waals surface area contributed by atoms with Crippen LogP contribution in [0.2, 0.25) is 0 Å². The van der Waals surface area contributed by atoms with Gasteiger partial charge in [-0.05, 0) is 71.6 Å². The van der Waals surface area contributed by atoms with E-state index in [1.165, 1.54) is 31.3 Å². The molecule has 2 rings (SSSR count). The monoisotopic (exact) mass is 519 g/mol. The summed E-state index contributed by atoms with van der Waals surface area (Å²) in [5, 5.41) is 0. The van der Waals surface area contributed by atoms with Gasteiger partial charge in [-0.25, -0.2) is 9.59 Å². The molecule has 1 fully saturated rings. The third-order valence-corrected chi connectivity index (χ3v) is 6.02. The molecule has 0 saturated carbocycles. The Bertz CT molecular complexity index is 921. The zero-order valence-electron chi connectivity index (χ0n) is 23.0. The van der Waals surface area contributed by atoms with Crippen LogP contribution >= 0.6 is 0 Å². The van der Waals surface area contributed by atoms with Gasteiger partial charge in [0.1, 0.15) is 36.3 Å². The van der Waals surface area contributed by atoms with Crippen LogP contribution in [0.15, 0.2) is 36.6 Å². The van der Waals surface area contributed by atoms with E-state index in [-0.39, 0.29) is 18.4 Å². The lowest BCUT2D eigenvalue weighted by Crippen LogP contribution is -2.49. The molecule has 9 heteroatoms. The highest BCUT2D eigenvalue weighted by Gasteiger charge is 2.39. The molecule has 1 amide bonds. The number of rotatable bonds is 9. The van der Waals surface area contributed by atoms with Crippen molar-refractivity contribution in [3.63, 3.8) is 0 Å². The van der Waals surface area contributed by atoms with Gasteiger partial charge in [-0.3, -0.25) is 9.69 Å². The van der Waals surface area contributed by atoms with Gasteiger partial charge in [0.2, 0.25) is 0 Å². The molecule has 1 saturated heterocycles. The Morgan fingerprint density at radius 1 is 1.14 bits per heavy atom. The fraction of sp³-hybridized carbons (Fsp3) is 0.607. The van der Waals surface area contributed by atoms with Crippen molar-refractivity contribution in [3.05, 3.63) is 42.2 Å². The molecular formula is C28H41NO8. The second kappa shape index (κ2) is 14.0. The minimum Gasteiger partial charge on any atom is -0.497 e. The smallest absolute Gasteiger partial charge is 0.412 e. The van der Waals surface area contributed by atoms with Crippen LogP contribution in [0.4, 0.5) is 4.79 Å². The van der Waals surface area contributed by atoms with Gasteiger partial charge < -0.3 is 23.7 Å². The SMILES string of the molecule is COCN(C(=O)OC(C)(C)C)[C@H]1CCC[C@H](Cc2ccc(OC)cc2)[C@@H](OC=CC(C)=O)[C@H](C)OC1=O. The van der Waals surface area contributed by atoms with Crippen LogP contribution in [0.5, 0.6) is 5.75 Å². The first kappa shape index (κ1) is 30.2. The second-order valence-corrected chi connectivity index (χ2v) is 10.3. The van der Waals surface area contributed by atoms with Gasteiger partial charge >= 0.3 is 12.1 Å². The summed E-state index contributed by atoms with van der Waals surface area (Å²) in [5.41, 5.74) is 0.351. The maximum atomic E-state index is 13.3. The third kappa shape index (κ3) is 9.72. The molecule has 206 valence electrons. The number of carbonyl (C=O) groups is 3. The Morgan fingerprint density at radius 2 is 1.81 bits per heavy atom. The number of nitrogens with zero attached hydrogens (tertiary/aromatic N) is 1. The van der Waals surface area contributed by atoms with E-state index in [1.807, 2.05) is 24.3 Å². The number of esters is 1. The molecular weight excluding hydrogens is 478 g/mol. The van der Waals surface area contributed by atoms with Crippen LogP contribution in [-0.2, 0) is 35.0 Å². The molecule has 1 aromatic carbocycles. The molecule has 0 unspecified atom stereocenters. The summed E-state index contributed by atoms with van der Waals surface area (Å²) in [7, 11) is 3.08. The minimum atomic E-state index is -0.870. The van der Waals surface area contributed by atoms with Crippen molar-refractivity contribution in [1.82, 2.24) is 4.90 Å². The van der Waals surface area contributed by atoms with Crippen molar-refractivity contribution < 1.29 is 38.1 Å². The first-order valence-electron chi connectivity index (χ1n) is 12.6. The van der Waals surface area contributed by atoms with Crippen molar-refractivity contribution in [2.75, 3.05) is 21.0 Å². The predicted octanol–water partition coefficient (Wildman–Crippen LogP) is 4.67. The molecule has 0 aliphatic carbocycles. The van der Waals surface area contributed by atoms with Crippen molar-refractivity contribution in [2.24, 2.45) is 5.92 Å². The van der Waals surface area contributed by atoms with Crippen molar-refractivity contribution in [2.45, 2.75) is 84.2 Å². The van der Waals surface area contributed by atoms with Gasteiger partial charge in [0.05, 0.1) is 13.4 Å². The van der Waals surface area contributed by atoms with Gasteiger partial charge in [-0.15, -0.1) is 0 Å². The number of ketones is 1. The average molecular weight is 520 g/mol. The van der Waals surface area contributed by atoms with Gasteiger partial charge in [0.15, 0.2) is 5.78 Å². The Kier molecular flexibility index (Phi) is 11.4. The number of ether oxygens (including phenoxy) is 5. The van der Waals surface area contributed by atoms with E-state index in [0.717, 1.165) is 11.3 Å². The number of hydrogen-bond donors (Lipinski definition) is 0. The zero-order chi connectivity index (χ0) is 27.6. The highest BCUT2D eigenvalue weighted by molar-refractivity contribution is 5.86. The van der Waals surface area contributed by atoms with Crippen LogP contribution in [0.25, 0.3) is 0 Å². The average Bonchev–Trinajstić information content (AvgIpc) is 2.86. The van der Waals surface area contributed by atoms with Crippen molar-refractivity contribution in [3.8, 4) is 5.75 Å². The fourth-order valence-electron chi connectivity index (χ4n) is 4.31. The van der Waals surface area contributed by atoms with E-state index < -0.39 is 35.9 Å². The number of cyclic esters (lactones) is 1. The van der Waals surface area contributed by atoms with Crippen LogP contribution in [0, 0.1) is 5.92 Å². The Hall–Kier alpha value is -3.07. The summed E-state index contributed by atoms with van der Waals surface area (Å²) in [6.07, 6.45) is 3.31. The first-order chi connectivity index (χ1) is 17.4. The first-order valence-corrected chi connectivity index (χ1v) is 12.6. The van der Waals surface area contributed by atoms with E-state index >= 15 is 0 Å². The highest BCUT2D eigenvalue weighted by atomic mass is 16.6. The van der Waals surface area contributed by atoms with Crippen LogP contribution in [0.1, 0.15) is 59.4 Å². The summed E-state index contributed by atoms with van der Waals surface area (Å²) >= 11 is 0. The van der Waals surface area contributed by atoms with Crippen molar-refractivity contribution in [1.29, 1.82) is 0 Å². The van der Waals surface area contributed by atoms with E-state index in [0.29, 0.717) is 25.7 Å². The maximum absolute atomic E-state index is 13.3. The summed E-state index contributed by atoms with van der Waals surface area (Å²) in [5.74, 6) is 0.0431. The molecule has 4 atom stereocenters. The molecule has 0 aromatic heterocycles. The number of hydrogen-bond acceptors (Lipinski definition) is 8. The molecule has 1 aliphatic heterocycles. The molecule has 37 heavy (non-hydrogen) atoms. The van der Waals surface area contributed by atoms with Gasteiger partial charge in [-0.1, -0.05) is 18.6 Å².